The summed E-state index contributed by atoms with van der Waals surface area (Å²) in [5.74, 6) is -1.53. The van der Waals surface area contributed by atoms with E-state index >= 15 is 0 Å². The van der Waals surface area contributed by atoms with Gasteiger partial charge < -0.3 is 9.64 Å². The number of likely N-dealkylation sites (tertiary alicyclic amines) is 2. The van der Waals surface area contributed by atoms with Gasteiger partial charge in [-0.2, -0.15) is 13.2 Å². The second kappa shape index (κ2) is 9.61. The molecule has 37 heavy (non-hydrogen) atoms. The number of hydrogen-bond donors (Lipinski definition) is 2. The zero-order valence-electron chi connectivity index (χ0n) is 22.5. The van der Waals surface area contributed by atoms with E-state index in [1.54, 1.807) is 0 Å². The van der Waals surface area contributed by atoms with E-state index in [1.807, 2.05) is 4.90 Å². The maximum absolute atomic E-state index is 14.3. The van der Waals surface area contributed by atoms with Crippen LogP contribution in [0.5, 0.6) is 0 Å². The zero-order valence-corrected chi connectivity index (χ0v) is 22.5. The second-order valence-corrected chi connectivity index (χ2v) is 13.3. The number of carbonyl (C=O) groups is 1. The van der Waals surface area contributed by atoms with Gasteiger partial charge in [0.2, 0.25) is 5.91 Å². The van der Waals surface area contributed by atoms with Crippen LogP contribution in [-0.2, 0) is 9.53 Å². The molecule has 7 nitrogen and oxygen atoms in total. The number of ether oxygens (including phenoxy) is 1. The molecule has 4 aliphatic heterocycles. The van der Waals surface area contributed by atoms with E-state index in [4.69, 9.17) is 4.74 Å². The quantitative estimate of drug-likeness (QED) is 0.573. The van der Waals surface area contributed by atoms with Crippen LogP contribution in [-0.4, -0.2) is 91.1 Å². The number of alkyl halides is 3. The predicted molar refractivity (Wildman–Crippen MR) is 133 cm³/mol. The first-order chi connectivity index (χ1) is 17.6. The number of carbonyl (C=O) groups excluding carboxylic acids is 1. The van der Waals surface area contributed by atoms with Gasteiger partial charge in [0.05, 0.1) is 32.0 Å². The highest BCUT2D eigenvalue weighted by molar-refractivity contribution is 5.82. The lowest BCUT2D eigenvalue weighted by molar-refractivity contribution is -0.209. The average molecular weight is 528 g/mol. The van der Waals surface area contributed by atoms with Crippen LogP contribution in [0.3, 0.4) is 0 Å². The van der Waals surface area contributed by atoms with Gasteiger partial charge in [-0.15, -0.1) is 0 Å². The van der Waals surface area contributed by atoms with Gasteiger partial charge >= 0.3 is 6.18 Å². The van der Waals surface area contributed by atoms with Crippen LogP contribution < -0.4 is 10.9 Å². The molecule has 9 unspecified atom stereocenters. The van der Waals surface area contributed by atoms with Crippen molar-refractivity contribution in [3.05, 3.63) is 0 Å². The van der Waals surface area contributed by atoms with Gasteiger partial charge in [0, 0.05) is 42.5 Å². The highest BCUT2D eigenvalue weighted by Crippen LogP contribution is 2.53. The number of fused-ring (bicyclic) bond motifs is 1. The molecule has 4 heterocycles. The van der Waals surface area contributed by atoms with Crippen molar-refractivity contribution < 1.29 is 22.7 Å². The number of halogens is 3. The van der Waals surface area contributed by atoms with Gasteiger partial charge in [-0.05, 0) is 70.3 Å². The van der Waals surface area contributed by atoms with Gasteiger partial charge in [-0.3, -0.25) is 14.6 Å². The molecule has 2 aliphatic carbocycles. The van der Waals surface area contributed by atoms with Crippen molar-refractivity contribution in [3.63, 3.8) is 0 Å². The summed E-state index contributed by atoms with van der Waals surface area (Å²) in [5, 5.41) is 0. The van der Waals surface area contributed by atoms with E-state index in [-0.39, 0.29) is 42.5 Å². The van der Waals surface area contributed by atoms with E-state index in [0.29, 0.717) is 24.3 Å². The fraction of sp³-hybridized carbons (Fsp3) is 0.963. The summed E-state index contributed by atoms with van der Waals surface area (Å²) in [6.45, 7) is 7.68. The van der Waals surface area contributed by atoms with E-state index in [2.05, 4.69) is 41.5 Å². The van der Waals surface area contributed by atoms with Crippen molar-refractivity contribution in [3.8, 4) is 0 Å². The first kappa shape index (κ1) is 26.3. The fourth-order valence-electron chi connectivity index (χ4n) is 8.67. The Morgan fingerprint density at radius 2 is 1.86 bits per heavy atom. The SMILES string of the molecule is CC1CN(C2CC3C(=O)N(C4CCCC(C5(CC6NNCN6C)COC5)C4)CC3C(C(F)(F)F)C2)C1C. The van der Waals surface area contributed by atoms with Crippen molar-refractivity contribution in [2.75, 3.05) is 40.0 Å². The van der Waals surface area contributed by atoms with Gasteiger partial charge in [0.1, 0.15) is 0 Å². The Morgan fingerprint density at radius 3 is 2.46 bits per heavy atom. The third-order valence-electron chi connectivity index (χ3n) is 11.3. The molecule has 6 fully saturated rings. The molecule has 4 saturated heterocycles. The van der Waals surface area contributed by atoms with Gasteiger partial charge in [-0.1, -0.05) is 13.3 Å². The minimum absolute atomic E-state index is 0.00359. The van der Waals surface area contributed by atoms with Crippen LogP contribution in [0.25, 0.3) is 0 Å². The predicted octanol–water partition coefficient (Wildman–Crippen LogP) is 3.03. The first-order valence-corrected chi connectivity index (χ1v) is 14.5. The van der Waals surface area contributed by atoms with Gasteiger partial charge in [0.15, 0.2) is 0 Å². The van der Waals surface area contributed by atoms with Crippen molar-refractivity contribution in [2.24, 2.45) is 35.0 Å². The first-order valence-electron chi connectivity index (χ1n) is 14.5. The molecule has 2 N–H and O–H groups in total. The largest absolute Gasteiger partial charge is 0.392 e. The van der Waals surface area contributed by atoms with Crippen LogP contribution >= 0.6 is 0 Å². The lowest BCUT2D eigenvalue weighted by Crippen LogP contribution is -2.60. The Morgan fingerprint density at radius 1 is 1.08 bits per heavy atom. The maximum atomic E-state index is 14.3. The highest BCUT2D eigenvalue weighted by atomic mass is 19.4. The van der Waals surface area contributed by atoms with Crippen molar-refractivity contribution >= 4 is 5.91 Å². The monoisotopic (exact) mass is 527 g/mol. The summed E-state index contributed by atoms with van der Waals surface area (Å²) >= 11 is 0. The highest BCUT2D eigenvalue weighted by Gasteiger charge is 2.59. The molecule has 1 amide bonds. The molecule has 0 aromatic rings. The Balaban J connectivity index is 1.17. The Labute approximate surface area is 218 Å². The number of nitrogens with one attached hydrogen (secondary N) is 2. The standard InChI is InChI=1S/C27H44F3N5O2/c1-16-11-34(17(16)2)20-8-21-22(23(9-20)27(28,29)30)12-35(25(21)36)19-6-4-5-18(7-19)26(13-37-14-26)10-24-32-31-15-33(24)3/h16-24,31-32H,4-15H2,1-3H3. The molecular formula is C27H44F3N5O2. The Hall–Kier alpha value is -0.940. The van der Waals surface area contributed by atoms with E-state index < -0.39 is 23.9 Å². The molecule has 0 radical (unpaired) electrons. The van der Waals surface area contributed by atoms with E-state index in [9.17, 15) is 18.0 Å². The fourth-order valence-corrected chi connectivity index (χ4v) is 8.67. The second-order valence-electron chi connectivity index (χ2n) is 13.3. The minimum Gasteiger partial charge on any atom is -0.380 e. The Bertz CT molecular complexity index is 869. The summed E-state index contributed by atoms with van der Waals surface area (Å²) < 4.78 is 48.7. The maximum Gasteiger partial charge on any atom is 0.392 e. The molecular weight excluding hydrogens is 483 g/mol. The lowest BCUT2D eigenvalue weighted by atomic mass is 9.64. The Kier molecular flexibility index (Phi) is 6.83. The number of nitrogens with zero attached hydrogens (tertiary/aromatic N) is 3. The van der Waals surface area contributed by atoms with Gasteiger partial charge in [0.25, 0.3) is 0 Å². The van der Waals surface area contributed by atoms with E-state index in [1.165, 1.54) is 0 Å². The molecule has 0 spiro atoms. The molecule has 210 valence electrons. The molecule has 6 rings (SSSR count). The molecule has 2 saturated carbocycles. The van der Waals surface area contributed by atoms with Crippen molar-refractivity contribution in [2.45, 2.75) is 89.3 Å². The zero-order chi connectivity index (χ0) is 26.1. The van der Waals surface area contributed by atoms with Crippen molar-refractivity contribution in [1.29, 1.82) is 0 Å². The summed E-state index contributed by atoms with van der Waals surface area (Å²) in [7, 11) is 2.10. The van der Waals surface area contributed by atoms with Crippen LogP contribution in [0, 0.1) is 35.0 Å². The third-order valence-corrected chi connectivity index (χ3v) is 11.3. The molecule has 0 bridgehead atoms. The summed E-state index contributed by atoms with van der Waals surface area (Å²) in [5.41, 5.74) is 6.66. The number of hydrazine groups is 1. The number of amides is 1. The normalized spacial score (nSPS) is 45.0. The number of rotatable bonds is 5. The molecule has 0 aromatic carbocycles. The molecule has 10 heteroatoms. The lowest BCUT2D eigenvalue weighted by Gasteiger charge is -2.53. The summed E-state index contributed by atoms with van der Waals surface area (Å²) in [6, 6.07) is 0.214. The van der Waals surface area contributed by atoms with Crippen LogP contribution in [0.2, 0.25) is 0 Å². The summed E-state index contributed by atoms with van der Waals surface area (Å²) in [4.78, 5) is 20.2. The molecule has 6 aliphatic rings. The molecule has 0 aromatic heterocycles. The van der Waals surface area contributed by atoms with Crippen LogP contribution in [0.4, 0.5) is 13.2 Å². The van der Waals surface area contributed by atoms with Crippen LogP contribution in [0.1, 0.15) is 58.8 Å². The van der Waals surface area contributed by atoms with Gasteiger partial charge in [-0.25, -0.2) is 10.9 Å². The average Bonchev–Trinajstić information content (AvgIpc) is 3.40. The molecule has 9 atom stereocenters. The number of hydrogen-bond acceptors (Lipinski definition) is 6. The third kappa shape index (κ3) is 4.52. The topological polar surface area (TPSA) is 60.1 Å². The smallest absolute Gasteiger partial charge is 0.380 e. The van der Waals surface area contributed by atoms with E-state index in [0.717, 1.165) is 58.5 Å². The van der Waals surface area contributed by atoms with Crippen molar-refractivity contribution in [1.82, 2.24) is 25.6 Å². The summed E-state index contributed by atoms with van der Waals surface area (Å²) in [6.07, 6.45) is 1.63. The minimum atomic E-state index is -4.26. The van der Waals surface area contributed by atoms with Crippen LogP contribution in [0.15, 0.2) is 0 Å².